The van der Waals surface area contributed by atoms with E-state index < -0.39 is 0 Å². The monoisotopic (exact) mass is 183 g/mol. The lowest BCUT2D eigenvalue weighted by atomic mass is 9.90. The number of rotatable bonds is 0. The van der Waals surface area contributed by atoms with Gasteiger partial charge in [-0.3, -0.25) is 4.98 Å². The average Bonchev–Trinajstić information content (AvgIpc) is 2.29. The Balaban J connectivity index is 2.34. The van der Waals surface area contributed by atoms with Crippen molar-refractivity contribution in [3.63, 3.8) is 0 Å². The second-order valence-corrected chi connectivity index (χ2v) is 3.99. The van der Waals surface area contributed by atoms with Crippen molar-refractivity contribution >= 4 is 10.9 Å². The Hall–Kier alpha value is -1.37. The number of nitrogens with zero attached hydrogens (tertiary/aromatic N) is 1. The fourth-order valence-corrected chi connectivity index (χ4v) is 2.37. The van der Waals surface area contributed by atoms with Gasteiger partial charge in [0.15, 0.2) is 0 Å². The van der Waals surface area contributed by atoms with E-state index in [9.17, 15) is 0 Å². The van der Waals surface area contributed by atoms with Crippen LogP contribution in [0.4, 0.5) is 0 Å². The Kier molecular flexibility index (Phi) is 1.76. The van der Waals surface area contributed by atoms with Gasteiger partial charge in [-0.15, -0.1) is 0 Å². The molecule has 1 nitrogen and oxygen atoms in total. The van der Waals surface area contributed by atoms with Crippen molar-refractivity contribution in [1.29, 1.82) is 0 Å². The summed E-state index contributed by atoms with van der Waals surface area (Å²) in [5.74, 6) is 0. The van der Waals surface area contributed by atoms with Crippen molar-refractivity contribution in [3.05, 3.63) is 41.6 Å². The summed E-state index contributed by atoms with van der Waals surface area (Å²) in [6.45, 7) is 0. The zero-order valence-corrected chi connectivity index (χ0v) is 8.16. The van der Waals surface area contributed by atoms with Gasteiger partial charge in [0.05, 0.1) is 5.52 Å². The molecule has 0 amide bonds. The molecule has 0 spiro atoms. The maximum Gasteiger partial charge on any atom is 0.0704 e. The van der Waals surface area contributed by atoms with Gasteiger partial charge < -0.3 is 0 Å². The first-order chi connectivity index (χ1) is 6.95. The zero-order valence-electron chi connectivity index (χ0n) is 8.16. The molecule has 0 bridgehead atoms. The third-order valence-electron chi connectivity index (χ3n) is 3.10. The molecule has 0 saturated heterocycles. The molecule has 0 radical (unpaired) electrons. The molecular formula is C13H13N. The van der Waals surface area contributed by atoms with Gasteiger partial charge in [-0.2, -0.15) is 0 Å². The van der Waals surface area contributed by atoms with E-state index in [1.54, 1.807) is 5.56 Å². The van der Waals surface area contributed by atoms with Gasteiger partial charge in [0.1, 0.15) is 0 Å². The van der Waals surface area contributed by atoms with Crippen LogP contribution >= 0.6 is 0 Å². The number of para-hydroxylation sites is 1. The molecule has 0 unspecified atom stereocenters. The molecular weight excluding hydrogens is 170 g/mol. The van der Waals surface area contributed by atoms with Crippen LogP contribution in [0.15, 0.2) is 30.5 Å². The van der Waals surface area contributed by atoms with Gasteiger partial charge in [-0.05, 0) is 42.9 Å². The highest BCUT2D eigenvalue weighted by atomic mass is 14.7. The van der Waals surface area contributed by atoms with E-state index in [4.69, 9.17) is 0 Å². The van der Waals surface area contributed by atoms with Crippen LogP contribution < -0.4 is 0 Å². The molecule has 3 rings (SSSR count). The molecule has 0 saturated carbocycles. The lowest BCUT2D eigenvalue weighted by Crippen LogP contribution is -2.03. The number of pyridine rings is 1. The first-order valence-electron chi connectivity index (χ1n) is 5.30. The zero-order chi connectivity index (χ0) is 9.38. The molecule has 0 aliphatic heterocycles. The van der Waals surface area contributed by atoms with Gasteiger partial charge in [0, 0.05) is 11.6 Å². The molecule has 1 aromatic carbocycles. The molecule has 1 aliphatic rings. The number of aromatic nitrogens is 1. The first-order valence-corrected chi connectivity index (χ1v) is 5.30. The van der Waals surface area contributed by atoms with Crippen LogP contribution in [0.2, 0.25) is 0 Å². The minimum absolute atomic E-state index is 1.15. The molecule has 0 N–H and O–H groups in total. The highest BCUT2D eigenvalue weighted by Crippen LogP contribution is 2.26. The predicted molar refractivity (Wildman–Crippen MR) is 58.4 cm³/mol. The van der Waals surface area contributed by atoms with E-state index in [-0.39, 0.29) is 0 Å². The van der Waals surface area contributed by atoms with Crippen LogP contribution in [0.25, 0.3) is 10.9 Å². The number of benzene rings is 1. The summed E-state index contributed by atoms with van der Waals surface area (Å²) in [4.78, 5) is 4.49. The summed E-state index contributed by atoms with van der Waals surface area (Å²) in [5, 5.41) is 1.37. The topological polar surface area (TPSA) is 12.9 Å². The van der Waals surface area contributed by atoms with Crippen molar-refractivity contribution in [2.24, 2.45) is 0 Å². The smallest absolute Gasteiger partial charge is 0.0704 e. The number of fused-ring (bicyclic) bond motifs is 3. The quantitative estimate of drug-likeness (QED) is 0.611. The predicted octanol–water partition coefficient (Wildman–Crippen LogP) is 3.11. The van der Waals surface area contributed by atoms with Gasteiger partial charge in [0.2, 0.25) is 0 Å². The average molecular weight is 183 g/mol. The Morgan fingerprint density at radius 3 is 2.86 bits per heavy atom. The third kappa shape index (κ3) is 1.12. The van der Waals surface area contributed by atoms with Crippen molar-refractivity contribution in [3.8, 4) is 0 Å². The van der Waals surface area contributed by atoms with Gasteiger partial charge in [-0.25, -0.2) is 0 Å². The third-order valence-corrected chi connectivity index (χ3v) is 3.10. The van der Waals surface area contributed by atoms with Crippen LogP contribution in [0.5, 0.6) is 0 Å². The van der Waals surface area contributed by atoms with Crippen LogP contribution in [0.1, 0.15) is 24.0 Å². The van der Waals surface area contributed by atoms with Gasteiger partial charge in [0.25, 0.3) is 0 Å². The van der Waals surface area contributed by atoms with Gasteiger partial charge >= 0.3 is 0 Å². The molecule has 0 fully saturated rings. The summed E-state index contributed by atoms with van der Waals surface area (Å²) in [7, 11) is 0. The van der Waals surface area contributed by atoms with Crippen molar-refractivity contribution in [2.45, 2.75) is 25.7 Å². The normalized spacial score (nSPS) is 15.4. The summed E-state index contributed by atoms with van der Waals surface area (Å²) in [5.41, 5.74) is 4.16. The minimum Gasteiger partial charge on any atom is -0.256 e. The number of hydrogen-bond donors (Lipinski definition) is 0. The lowest BCUT2D eigenvalue weighted by molar-refractivity contribution is 0.687. The summed E-state index contributed by atoms with van der Waals surface area (Å²) < 4.78 is 0. The van der Waals surface area contributed by atoms with E-state index in [2.05, 4.69) is 35.4 Å². The number of hydrogen-bond acceptors (Lipinski definition) is 1. The summed E-state index contributed by atoms with van der Waals surface area (Å²) in [6.07, 6.45) is 7.18. The summed E-state index contributed by atoms with van der Waals surface area (Å²) >= 11 is 0. The second kappa shape index (κ2) is 3.09. The fourth-order valence-electron chi connectivity index (χ4n) is 2.37. The summed E-state index contributed by atoms with van der Waals surface area (Å²) in [6, 6.07) is 8.47. The minimum atomic E-state index is 1.15. The first kappa shape index (κ1) is 7.98. The fraction of sp³-hybridized carbons (Fsp3) is 0.308. The number of aryl methyl sites for hydroxylation is 2. The molecule has 1 aromatic heterocycles. The molecule has 2 aromatic rings. The van der Waals surface area contributed by atoms with Crippen LogP contribution in [-0.4, -0.2) is 4.98 Å². The maximum absolute atomic E-state index is 4.49. The molecule has 1 heteroatoms. The second-order valence-electron chi connectivity index (χ2n) is 3.99. The SMILES string of the molecule is c1ccc2c3c(cnc2c1)CCCC3. The Morgan fingerprint density at radius 1 is 1.00 bits per heavy atom. The molecule has 14 heavy (non-hydrogen) atoms. The van der Waals surface area contributed by atoms with E-state index >= 15 is 0 Å². The molecule has 70 valence electrons. The van der Waals surface area contributed by atoms with Crippen molar-refractivity contribution < 1.29 is 0 Å². The lowest BCUT2D eigenvalue weighted by Gasteiger charge is -2.16. The molecule has 1 heterocycles. The highest BCUT2D eigenvalue weighted by Gasteiger charge is 2.12. The standard InChI is InChI=1S/C13H13N/c1-2-6-11-10(5-1)9-14-13-8-4-3-7-12(11)13/h3-4,7-9H,1-2,5-6H2. The van der Waals surface area contributed by atoms with E-state index in [0.29, 0.717) is 0 Å². The molecule has 1 aliphatic carbocycles. The van der Waals surface area contributed by atoms with E-state index in [0.717, 1.165) is 5.52 Å². The van der Waals surface area contributed by atoms with Crippen LogP contribution in [0, 0.1) is 0 Å². The highest BCUT2D eigenvalue weighted by molar-refractivity contribution is 5.83. The van der Waals surface area contributed by atoms with Crippen LogP contribution in [0.3, 0.4) is 0 Å². The Labute approximate surface area is 83.8 Å². The van der Waals surface area contributed by atoms with Crippen molar-refractivity contribution in [1.82, 2.24) is 4.98 Å². The van der Waals surface area contributed by atoms with Crippen molar-refractivity contribution in [2.75, 3.05) is 0 Å². The van der Waals surface area contributed by atoms with E-state index in [1.807, 2.05) is 0 Å². The molecule has 0 atom stereocenters. The van der Waals surface area contributed by atoms with E-state index in [1.165, 1.54) is 36.6 Å². The largest absolute Gasteiger partial charge is 0.256 e. The van der Waals surface area contributed by atoms with Gasteiger partial charge in [-0.1, -0.05) is 18.2 Å². The Bertz CT molecular complexity index is 474. The van der Waals surface area contributed by atoms with Crippen LogP contribution in [-0.2, 0) is 12.8 Å². The maximum atomic E-state index is 4.49. The Morgan fingerprint density at radius 2 is 1.86 bits per heavy atom.